The number of benzene rings is 1. The Morgan fingerprint density at radius 1 is 1.19 bits per heavy atom. The Morgan fingerprint density at radius 2 is 1.92 bits per heavy atom. The lowest BCUT2D eigenvalue weighted by atomic mass is 9.85. The molecule has 2 fully saturated rings. The third-order valence-electron chi connectivity index (χ3n) is 8.28. The van der Waals surface area contributed by atoms with Crippen LogP contribution in [0.25, 0.3) is 16.6 Å². The number of pyridine rings is 1. The van der Waals surface area contributed by atoms with Crippen LogP contribution in [0.1, 0.15) is 61.0 Å². The number of halogens is 1. The number of likely N-dealkylation sites (tertiary alicyclic amines) is 1. The number of fused-ring (bicyclic) bond motifs is 1. The number of rotatable bonds is 6. The Labute approximate surface area is 213 Å². The highest BCUT2D eigenvalue weighted by molar-refractivity contribution is 5.99. The summed E-state index contributed by atoms with van der Waals surface area (Å²) in [5, 5.41) is 1.19. The zero-order valence-corrected chi connectivity index (χ0v) is 21.9. The fraction of sp³-hybridized carbons (Fsp3) is 0.517. The summed E-state index contributed by atoms with van der Waals surface area (Å²) >= 11 is 0. The fourth-order valence-corrected chi connectivity index (χ4v) is 5.92. The maximum Gasteiger partial charge on any atom is 0.256 e. The standard InChI is InChI=1S/C29H38FN5O/c1-18(2)33(4)29(36)25-12-22(30)5-10-26(25)35-17-21(28-19(3)13-32-14-27(28)35)11-20-15-34(16-20)24-8-6-23(31)7-9-24/h5,10,12-14,17-18,20,23-24H,6-9,11,15-16,31H2,1-4H3. The zero-order valence-electron chi connectivity index (χ0n) is 21.9. The Kier molecular flexibility index (Phi) is 6.88. The number of aryl methyl sites for hydroxylation is 1. The van der Waals surface area contributed by atoms with Gasteiger partial charge >= 0.3 is 0 Å². The van der Waals surface area contributed by atoms with Gasteiger partial charge in [-0.3, -0.25) is 14.7 Å². The molecule has 1 aromatic carbocycles. The average molecular weight is 492 g/mol. The van der Waals surface area contributed by atoms with E-state index in [-0.39, 0.29) is 11.9 Å². The molecule has 0 bridgehead atoms. The first-order valence-corrected chi connectivity index (χ1v) is 13.2. The van der Waals surface area contributed by atoms with Crippen LogP contribution >= 0.6 is 0 Å². The molecule has 0 unspecified atom stereocenters. The van der Waals surface area contributed by atoms with Crippen LogP contribution in [0.4, 0.5) is 4.39 Å². The van der Waals surface area contributed by atoms with Crippen molar-refractivity contribution in [3.63, 3.8) is 0 Å². The first-order chi connectivity index (χ1) is 17.2. The van der Waals surface area contributed by atoms with Crippen molar-refractivity contribution < 1.29 is 9.18 Å². The summed E-state index contributed by atoms with van der Waals surface area (Å²) in [6, 6.07) is 5.56. The Hall–Kier alpha value is -2.77. The molecule has 1 saturated heterocycles. The van der Waals surface area contributed by atoms with Crippen molar-refractivity contribution >= 4 is 16.8 Å². The van der Waals surface area contributed by atoms with Crippen molar-refractivity contribution in [2.45, 2.75) is 71.0 Å². The molecule has 2 N–H and O–H groups in total. The number of aromatic nitrogens is 2. The van der Waals surface area contributed by atoms with Crippen LogP contribution in [0.2, 0.25) is 0 Å². The quantitative estimate of drug-likeness (QED) is 0.543. The summed E-state index contributed by atoms with van der Waals surface area (Å²) in [5.41, 5.74) is 10.5. The predicted octanol–water partition coefficient (Wildman–Crippen LogP) is 4.70. The van der Waals surface area contributed by atoms with E-state index in [0.717, 1.165) is 43.4 Å². The number of nitrogens with two attached hydrogens (primary N) is 1. The normalized spacial score (nSPS) is 21.2. The van der Waals surface area contributed by atoms with Gasteiger partial charge in [0.15, 0.2) is 0 Å². The summed E-state index contributed by atoms with van der Waals surface area (Å²) in [7, 11) is 1.76. The minimum Gasteiger partial charge on any atom is -0.339 e. The van der Waals surface area contributed by atoms with E-state index in [9.17, 15) is 9.18 Å². The van der Waals surface area contributed by atoms with E-state index in [2.05, 4.69) is 23.0 Å². The molecule has 36 heavy (non-hydrogen) atoms. The highest BCUT2D eigenvalue weighted by Crippen LogP contribution is 2.34. The van der Waals surface area contributed by atoms with Crippen LogP contribution in [0.3, 0.4) is 0 Å². The maximum absolute atomic E-state index is 14.3. The van der Waals surface area contributed by atoms with Crippen LogP contribution in [0.15, 0.2) is 36.8 Å². The first kappa shape index (κ1) is 24.9. The third kappa shape index (κ3) is 4.66. The number of nitrogens with zero attached hydrogens (tertiary/aromatic N) is 4. The molecule has 0 atom stereocenters. The van der Waals surface area contributed by atoms with Gasteiger partial charge in [-0.05, 0) is 88.1 Å². The minimum atomic E-state index is -0.413. The number of carbonyl (C=O) groups is 1. The first-order valence-electron chi connectivity index (χ1n) is 13.2. The molecule has 2 aliphatic rings. The summed E-state index contributed by atoms with van der Waals surface area (Å²) < 4.78 is 16.3. The van der Waals surface area contributed by atoms with Crippen LogP contribution in [0, 0.1) is 18.7 Å². The van der Waals surface area contributed by atoms with Gasteiger partial charge in [-0.15, -0.1) is 0 Å². The van der Waals surface area contributed by atoms with Gasteiger partial charge in [-0.2, -0.15) is 0 Å². The van der Waals surface area contributed by atoms with Gasteiger partial charge < -0.3 is 15.2 Å². The van der Waals surface area contributed by atoms with Crippen molar-refractivity contribution in [1.29, 1.82) is 0 Å². The maximum atomic E-state index is 14.3. The SMILES string of the molecule is Cc1cncc2c1c(CC1CN(C3CCC(N)CC3)C1)cn2-c1ccc(F)cc1C(=O)N(C)C(C)C. The third-order valence-corrected chi connectivity index (χ3v) is 8.28. The molecule has 5 rings (SSSR count). The number of carbonyl (C=O) groups excluding carboxylic acids is 1. The lowest BCUT2D eigenvalue weighted by Crippen LogP contribution is -2.54. The second-order valence-corrected chi connectivity index (χ2v) is 11.1. The lowest BCUT2D eigenvalue weighted by Gasteiger charge is -2.46. The molecular formula is C29H38FN5O. The zero-order chi connectivity index (χ0) is 25.6. The minimum absolute atomic E-state index is 0.0101. The molecular weight excluding hydrogens is 453 g/mol. The molecule has 2 aromatic heterocycles. The van der Waals surface area contributed by atoms with E-state index in [1.54, 1.807) is 18.0 Å². The van der Waals surface area contributed by atoms with Gasteiger partial charge in [-0.1, -0.05) is 0 Å². The Morgan fingerprint density at radius 3 is 2.61 bits per heavy atom. The molecule has 7 heteroatoms. The van der Waals surface area contributed by atoms with Gasteiger partial charge in [0.05, 0.1) is 23.0 Å². The van der Waals surface area contributed by atoms with Crippen molar-refractivity contribution in [3.05, 3.63) is 59.3 Å². The number of hydrogen-bond donors (Lipinski definition) is 1. The largest absolute Gasteiger partial charge is 0.339 e. The van der Waals surface area contributed by atoms with Crippen LogP contribution in [-0.2, 0) is 6.42 Å². The monoisotopic (exact) mass is 491 g/mol. The van der Waals surface area contributed by atoms with Crippen LogP contribution < -0.4 is 5.73 Å². The van der Waals surface area contributed by atoms with E-state index in [0.29, 0.717) is 29.3 Å². The summed E-state index contributed by atoms with van der Waals surface area (Å²) in [6.07, 6.45) is 11.6. The molecule has 3 heterocycles. The van der Waals surface area contributed by atoms with Gasteiger partial charge in [0.25, 0.3) is 5.91 Å². The Balaban J connectivity index is 1.45. The number of amides is 1. The van der Waals surface area contributed by atoms with E-state index in [4.69, 9.17) is 5.73 Å². The molecule has 1 aliphatic carbocycles. The molecule has 3 aromatic rings. The highest BCUT2D eigenvalue weighted by Gasteiger charge is 2.34. The van der Waals surface area contributed by atoms with Crippen molar-refractivity contribution in [2.24, 2.45) is 11.7 Å². The van der Waals surface area contributed by atoms with Crippen molar-refractivity contribution in [3.8, 4) is 5.69 Å². The molecule has 192 valence electrons. The summed E-state index contributed by atoms with van der Waals surface area (Å²) in [4.78, 5) is 22.0. The molecule has 1 amide bonds. The van der Waals surface area contributed by atoms with Gasteiger partial charge in [0, 0.05) is 56.0 Å². The molecule has 1 saturated carbocycles. The molecule has 1 aliphatic heterocycles. The molecule has 6 nitrogen and oxygen atoms in total. The topological polar surface area (TPSA) is 67.4 Å². The Bertz CT molecular complexity index is 1250. The van der Waals surface area contributed by atoms with Crippen LogP contribution in [0.5, 0.6) is 0 Å². The van der Waals surface area contributed by atoms with Gasteiger partial charge in [-0.25, -0.2) is 4.39 Å². The van der Waals surface area contributed by atoms with Gasteiger partial charge in [0.1, 0.15) is 5.82 Å². The van der Waals surface area contributed by atoms with Crippen molar-refractivity contribution in [1.82, 2.24) is 19.4 Å². The molecule has 0 radical (unpaired) electrons. The lowest BCUT2D eigenvalue weighted by molar-refractivity contribution is 0.0334. The highest BCUT2D eigenvalue weighted by atomic mass is 19.1. The second kappa shape index (κ2) is 9.94. The van der Waals surface area contributed by atoms with E-state index in [1.807, 2.05) is 30.8 Å². The molecule has 0 spiro atoms. The number of hydrogen-bond acceptors (Lipinski definition) is 4. The fourth-order valence-electron chi connectivity index (χ4n) is 5.92. The van der Waals surface area contributed by atoms with Crippen molar-refractivity contribution in [2.75, 3.05) is 20.1 Å². The van der Waals surface area contributed by atoms with E-state index in [1.165, 1.54) is 35.9 Å². The van der Waals surface area contributed by atoms with Crippen LogP contribution in [-0.4, -0.2) is 63.5 Å². The predicted molar refractivity (Wildman–Crippen MR) is 142 cm³/mol. The van der Waals surface area contributed by atoms with Gasteiger partial charge in [0.2, 0.25) is 0 Å². The van der Waals surface area contributed by atoms with E-state index < -0.39 is 5.82 Å². The smallest absolute Gasteiger partial charge is 0.256 e. The second-order valence-electron chi connectivity index (χ2n) is 11.1. The average Bonchev–Trinajstić information content (AvgIpc) is 3.20. The summed E-state index contributed by atoms with van der Waals surface area (Å²) in [6.45, 7) is 8.24. The summed E-state index contributed by atoms with van der Waals surface area (Å²) in [5.74, 6) is 0.00225. The van der Waals surface area contributed by atoms with E-state index >= 15 is 0 Å².